The number of amides is 1. The predicted octanol–water partition coefficient (Wildman–Crippen LogP) is 3.62. The first-order valence-electron chi connectivity index (χ1n) is 11.6. The summed E-state index contributed by atoms with van der Waals surface area (Å²) in [4.78, 5) is 38.7. The zero-order valence-electron chi connectivity index (χ0n) is 18.7. The molecule has 1 fully saturated rings. The molecule has 0 saturated heterocycles. The van der Waals surface area contributed by atoms with Gasteiger partial charge in [0.25, 0.3) is 11.5 Å². The normalized spacial score (nSPS) is 18.9. The average molecular weight is 417 g/mol. The van der Waals surface area contributed by atoms with E-state index in [0.29, 0.717) is 12.5 Å². The van der Waals surface area contributed by atoms with Crippen LogP contribution in [0.5, 0.6) is 0 Å². The Bertz CT molecular complexity index is 823. The standard InChI is InChI=1S/C24H36N2O4/c1-4-16(2)21(24(29)30-3)25-22(27)19-14-18-12-8-9-13-20(18)26(23(19)28)15-17-10-6-5-7-11-17/h14,16-17,21H,4-13,15H2,1-3H3,(H,25,27). The van der Waals surface area contributed by atoms with Crippen molar-refractivity contribution >= 4 is 11.9 Å². The number of methoxy groups -OCH3 is 1. The lowest BCUT2D eigenvalue weighted by Gasteiger charge is -2.28. The van der Waals surface area contributed by atoms with Gasteiger partial charge in [-0.15, -0.1) is 0 Å². The first-order chi connectivity index (χ1) is 14.5. The molecule has 1 amide bonds. The van der Waals surface area contributed by atoms with Crippen LogP contribution in [0.1, 0.15) is 86.8 Å². The third-order valence-corrected chi connectivity index (χ3v) is 6.97. The maximum Gasteiger partial charge on any atom is 0.328 e. The molecule has 1 N–H and O–H groups in total. The van der Waals surface area contributed by atoms with Crippen LogP contribution in [0.4, 0.5) is 0 Å². The van der Waals surface area contributed by atoms with Gasteiger partial charge in [0.1, 0.15) is 11.6 Å². The van der Waals surface area contributed by atoms with Crippen LogP contribution >= 0.6 is 0 Å². The number of aromatic nitrogens is 1. The van der Waals surface area contributed by atoms with Crippen LogP contribution < -0.4 is 10.9 Å². The maximum absolute atomic E-state index is 13.4. The lowest BCUT2D eigenvalue weighted by atomic mass is 9.88. The molecule has 166 valence electrons. The van der Waals surface area contributed by atoms with Crippen molar-refractivity contribution < 1.29 is 14.3 Å². The predicted molar refractivity (Wildman–Crippen MR) is 117 cm³/mol. The van der Waals surface area contributed by atoms with Crippen LogP contribution in [0.2, 0.25) is 0 Å². The number of carbonyl (C=O) groups is 2. The lowest BCUT2D eigenvalue weighted by molar-refractivity contribution is -0.144. The fourth-order valence-corrected chi connectivity index (χ4v) is 4.88. The number of ether oxygens (including phenoxy) is 1. The second-order valence-corrected chi connectivity index (χ2v) is 9.02. The fourth-order valence-electron chi connectivity index (χ4n) is 4.88. The Morgan fingerprint density at radius 1 is 1.17 bits per heavy atom. The summed E-state index contributed by atoms with van der Waals surface area (Å²) in [5.74, 6) is -0.521. The molecule has 30 heavy (non-hydrogen) atoms. The second-order valence-electron chi connectivity index (χ2n) is 9.02. The molecule has 2 aliphatic carbocycles. The van der Waals surface area contributed by atoms with E-state index >= 15 is 0 Å². The van der Waals surface area contributed by atoms with E-state index in [2.05, 4.69) is 5.32 Å². The summed E-state index contributed by atoms with van der Waals surface area (Å²) in [6.45, 7) is 4.56. The first kappa shape index (κ1) is 22.6. The van der Waals surface area contributed by atoms with E-state index in [4.69, 9.17) is 4.74 Å². The number of aryl methyl sites for hydroxylation is 1. The number of rotatable bonds is 7. The van der Waals surface area contributed by atoms with Gasteiger partial charge in [-0.05, 0) is 62.0 Å². The number of esters is 1. The molecule has 2 atom stereocenters. The van der Waals surface area contributed by atoms with Crippen molar-refractivity contribution in [3.63, 3.8) is 0 Å². The summed E-state index contributed by atoms with van der Waals surface area (Å²) >= 11 is 0. The zero-order chi connectivity index (χ0) is 21.7. The minimum absolute atomic E-state index is 0.0801. The summed E-state index contributed by atoms with van der Waals surface area (Å²) in [5, 5.41) is 2.79. The number of nitrogens with one attached hydrogen (secondary N) is 1. The number of nitrogens with zero attached hydrogens (tertiary/aromatic N) is 1. The SMILES string of the molecule is CCC(C)C(NC(=O)c1cc2c(n(CC3CCCCC3)c1=O)CCCC2)C(=O)OC. The van der Waals surface area contributed by atoms with E-state index in [1.54, 1.807) is 6.07 Å². The van der Waals surface area contributed by atoms with Gasteiger partial charge in [0.15, 0.2) is 0 Å². The minimum atomic E-state index is -0.755. The van der Waals surface area contributed by atoms with Gasteiger partial charge in [-0.25, -0.2) is 4.79 Å². The molecule has 0 radical (unpaired) electrons. The van der Waals surface area contributed by atoms with Gasteiger partial charge in [0, 0.05) is 12.2 Å². The van der Waals surface area contributed by atoms with Crippen LogP contribution in [0.15, 0.2) is 10.9 Å². The Morgan fingerprint density at radius 3 is 2.53 bits per heavy atom. The Hall–Kier alpha value is -2.11. The quantitative estimate of drug-likeness (QED) is 0.689. The summed E-state index contributed by atoms with van der Waals surface area (Å²) in [5.41, 5.74) is 2.16. The van der Waals surface area contributed by atoms with Crippen LogP contribution in [-0.4, -0.2) is 29.6 Å². The summed E-state index contributed by atoms with van der Waals surface area (Å²) in [7, 11) is 1.32. The van der Waals surface area contributed by atoms with Crippen molar-refractivity contribution in [2.24, 2.45) is 11.8 Å². The Balaban J connectivity index is 1.93. The van der Waals surface area contributed by atoms with Gasteiger partial charge in [0.2, 0.25) is 0 Å². The highest BCUT2D eigenvalue weighted by Gasteiger charge is 2.29. The summed E-state index contributed by atoms with van der Waals surface area (Å²) in [6, 6.07) is 1.02. The highest BCUT2D eigenvalue weighted by Crippen LogP contribution is 2.27. The molecular weight excluding hydrogens is 380 g/mol. The molecule has 0 aliphatic heterocycles. The number of pyridine rings is 1. The third-order valence-electron chi connectivity index (χ3n) is 6.97. The molecule has 2 aliphatic rings. The second kappa shape index (κ2) is 10.3. The molecule has 1 aromatic heterocycles. The Kier molecular flexibility index (Phi) is 7.73. The molecule has 0 bridgehead atoms. The average Bonchev–Trinajstić information content (AvgIpc) is 2.78. The van der Waals surface area contributed by atoms with Crippen molar-refractivity contribution in [1.82, 2.24) is 9.88 Å². The largest absolute Gasteiger partial charge is 0.467 e. The number of fused-ring (bicyclic) bond motifs is 1. The van der Waals surface area contributed by atoms with E-state index in [1.165, 1.54) is 26.4 Å². The molecule has 6 nitrogen and oxygen atoms in total. The van der Waals surface area contributed by atoms with Gasteiger partial charge in [-0.2, -0.15) is 0 Å². The molecule has 0 spiro atoms. The van der Waals surface area contributed by atoms with E-state index in [9.17, 15) is 14.4 Å². The van der Waals surface area contributed by atoms with Crippen molar-refractivity contribution in [2.45, 2.75) is 90.6 Å². The Morgan fingerprint density at radius 2 is 1.87 bits per heavy atom. The molecule has 0 aromatic carbocycles. The van der Waals surface area contributed by atoms with Crippen LogP contribution in [-0.2, 0) is 28.9 Å². The van der Waals surface area contributed by atoms with E-state index < -0.39 is 17.9 Å². The summed E-state index contributed by atoms with van der Waals surface area (Å²) in [6.07, 6.45) is 10.7. The molecule has 1 aromatic rings. The molecule has 6 heteroatoms. The highest BCUT2D eigenvalue weighted by molar-refractivity contribution is 5.96. The van der Waals surface area contributed by atoms with E-state index in [1.807, 2.05) is 18.4 Å². The van der Waals surface area contributed by atoms with Gasteiger partial charge in [-0.3, -0.25) is 9.59 Å². The smallest absolute Gasteiger partial charge is 0.328 e. The van der Waals surface area contributed by atoms with Gasteiger partial charge < -0.3 is 14.6 Å². The monoisotopic (exact) mass is 416 g/mol. The molecule has 3 rings (SSSR count). The van der Waals surface area contributed by atoms with E-state index in [-0.39, 0.29) is 17.0 Å². The van der Waals surface area contributed by atoms with Crippen molar-refractivity contribution in [3.05, 3.63) is 33.2 Å². The number of hydrogen-bond acceptors (Lipinski definition) is 4. The molecule has 1 heterocycles. The summed E-state index contributed by atoms with van der Waals surface area (Å²) < 4.78 is 6.76. The topological polar surface area (TPSA) is 77.4 Å². The van der Waals surface area contributed by atoms with Gasteiger partial charge >= 0.3 is 5.97 Å². The molecule has 1 saturated carbocycles. The molecular formula is C24H36N2O4. The third kappa shape index (κ3) is 4.96. The zero-order valence-corrected chi connectivity index (χ0v) is 18.7. The van der Waals surface area contributed by atoms with Crippen molar-refractivity contribution in [1.29, 1.82) is 0 Å². The minimum Gasteiger partial charge on any atom is -0.467 e. The fraction of sp³-hybridized carbons (Fsp3) is 0.708. The number of carbonyl (C=O) groups excluding carboxylic acids is 2. The van der Waals surface area contributed by atoms with Crippen molar-refractivity contribution in [2.75, 3.05) is 7.11 Å². The molecule has 2 unspecified atom stereocenters. The van der Waals surface area contributed by atoms with E-state index in [0.717, 1.165) is 56.2 Å². The lowest BCUT2D eigenvalue weighted by Crippen LogP contribution is -2.47. The Labute approximate surface area is 179 Å². The van der Waals surface area contributed by atoms with Crippen LogP contribution in [0.25, 0.3) is 0 Å². The maximum atomic E-state index is 13.4. The first-order valence-corrected chi connectivity index (χ1v) is 11.6. The highest BCUT2D eigenvalue weighted by atomic mass is 16.5. The van der Waals surface area contributed by atoms with Crippen LogP contribution in [0, 0.1) is 11.8 Å². The van der Waals surface area contributed by atoms with Gasteiger partial charge in [0.05, 0.1) is 7.11 Å². The van der Waals surface area contributed by atoms with Crippen LogP contribution in [0.3, 0.4) is 0 Å². The van der Waals surface area contributed by atoms with Gasteiger partial charge in [-0.1, -0.05) is 39.5 Å². The number of hydrogen-bond donors (Lipinski definition) is 1. The van der Waals surface area contributed by atoms with Crippen molar-refractivity contribution in [3.8, 4) is 0 Å².